The zero-order valence-electron chi connectivity index (χ0n) is 10.6. The van der Waals surface area contributed by atoms with Crippen molar-refractivity contribution in [2.24, 2.45) is 0 Å². The molecule has 3 nitrogen and oxygen atoms in total. The molecule has 1 N–H and O–H groups in total. The average molecular weight is 264 g/mol. The van der Waals surface area contributed by atoms with Crippen molar-refractivity contribution in [3.8, 4) is 0 Å². The SMILES string of the molecule is CC1=CC(C)(S(=O)(=O)O)C=c2cccc(C)c2=C1. The zero-order chi connectivity index (χ0) is 13.6. The van der Waals surface area contributed by atoms with Crippen LogP contribution in [0.2, 0.25) is 0 Å². The van der Waals surface area contributed by atoms with Gasteiger partial charge in [0.1, 0.15) is 4.75 Å². The molecular formula is C14H16O3S. The topological polar surface area (TPSA) is 54.4 Å². The third-order valence-corrected chi connectivity index (χ3v) is 4.59. The summed E-state index contributed by atoms with van der Waals surface area (Å²) in [5, 5.41) is 1.82. The van der Waals surface area contributed by atoms with Gasteiger partial charge in [0.15, 0.2) is 0 Å². The summed E-state index contributed by atoms with van der Waals surface area (Å²) in [7, 11) is -4.19. The van der Waals surface area contributed by atoms with Gasteiger partial charge in [0.25, 0.3) is 10.1 Å². The van der Waals surface area contributed by atoms with E-state index in [1.807, 2.05) is 38.1 Å². The van der Waals surface area contributed by atoms with Crippen LogP contribution < -0.4 is 10.4 Å². The van der Waals surface area contributed by atoms with E-state index in [0.29, 0.717) is 0 Å². The molecule has 1 aromatic rings. The Morgan fingerprint density at radius 2 is 1.83 bits per heavy atom. The van der Waals surface area contributed by atoms with Crippen molar-refractivity contribution in [2.75, 3.05) is 0 Å². The van der Waals surface area contributed by atoms with Crippen LogP contribution in [0.1, 0.15) is 19.4 Å². The molecule has 0 amide bonds. The minimum absolute atomic E-state index is 0.819. The lowest BCUT2D eigenvalue weighted by atomic mass is 10.1. The standard InChI is InChI=1S/C14H16O3S/c1-10-7-13-11(2)5-4-6-12(13)9-14(3,8-10)18(15,16)17/h4-9H,1-3H3,(H,15,16,17). The van der Waals surface area contributed by atoms with E-state index in [4.69, 9.17) is 0 Å². The first-order valence-corrected chi connectivity index (χ1v) is 7.14. The number of fused-ring (bicyclic) bond motifs is 1. The van der Waals surface area contributed by atoms with Crippen LogP contribution in [0.15, 0.2) is 29.8 Å². The molecule has 0 saturated heterocycles. The molecule has 1 aliphatic rings. The van der Waals surface area contributed by atoms with Gasteiger partial charge in [-0.25, -0.2) is 0 Å². The maximum absolute atomic E-state index is 11.6. The van der Waals surface area contributed by atoms with E-state index in [2.05, 4.69) is 0 Å². The van der Waals surface area contributed by atoms with E-state index in [1.165, 1.54) is 6.92 Å². The Balaban J connectivity index is 2.92. The van der Waals surface area contributed by atoms with E-state index in [-0.39, 0.29) is 0 Å². The highest BCUT2D eigenvalue weighted by Gasteiger charge is 2.34. The monoisotopic (exact) mass is 264 g/mol. The summed E-state index contributed by atoms with van der Waals surface area (Å²) in [5.41, 5.74) is 1.90. The Morgan fingerprint density at radius 1 is 1.17 bits per heavy atom. The summed E-state index contributed by atoms with van der Waals surface area (Å²) in [6.45, 7) is 5.31. The van der Waals surface area contributed by atoms with Gasteiger partial charge in [-0.3, -0.25) is 4.55 Å². The number of allylic oxidation sites excluding steroid dienone is 1. The molecule has 0 spiro atoms. The van der Waals surface area contributed by atoms with Crippen molar-refractivity contribution < 1.29 is 13.0 Å². The molecule has 4 heteroatoms. The quantitative estimate of drug-likeness (QED) is 0.775. The molecule has 96 valence electrons. The first-order chi connectivity index (χ1) is 8.23. The van der Waals surface area contributed by atoms with E-state index in [1.54, 1.807) is 12.2 Å². The first kappa shape index (κ1) is 13.1. The largest absolute Gasteiger partial charge is 0.285 e. The van der Waals surface area contributed by atoms with Gasteiger partial charge < -0.3 is 0 Å². The van der Waals surface area contributed by atoms with Gasteiger partial charge >= 0.3 is 0 Å². The first-order valence-electron chi connectivity index (χ1n) is 5.70. The van der Waals surface area contributed by atoms with Crippen molar-refractivity contribution in [3.63, 3.8) is 0 Å². The Kier molecular flexibility index (Phi) is 2.95. The lowest BCUT2D eigenvalue weighted by Gasteiger charge is -2.17. The lowest BCUT2D eigenvalue weighted by Crippen LogP contribution is -2.35. The summed E-state index contributed by atoms with van der Waals surface area (Å²) in [4.78, 5) is 0. The number of rotatable bonds is 1. The molecule has 1 aliphatic carbocycles. The van der Waals surface area contributed by atoms with Crippen LogP contribution in [0, 0.1) is 6.92 Å². The van der Waals surface area contributed by atoms with Gasteiger partial charge in [-0.15, -0.1) is 0 Å². The molecule has 1 aromatic carbocycles. The highest BCUT2D eigenvalue weighted by molar-refractivity contribution is 7.87. The van der Waals surface area contributed by atoms with Crippen molar-refractivity contribution in [3.05, 3.63) is 45.8 Å². The van der Waals surface area contributed by atoms with Crippen LogP contribution in [0.4, 0.5) is 0 Å². The molecule has 0 fully saturated rings. The summed E-state index contributed by atoms with van der Waals surface area (Å²) < 4.78 is 31.2. The predicted octanol–water partition coefficient (Wildman–Crippen LogP) is 1.16. The van der Waals surface area contributed by atoms with Crippen LogP contribution in [0.5, 0.6) is 0 Å². The number of benzene rings is 1. The Labute approximate surface area is 107 Å². The molecule has 2 rings (SSSR count). The molecular weight excluding hydrogens is 248 g/mol. The van der Waals surface area contributed by atoms with E-state index >= 15 is 0 Å². The fourth-order valence-corrected chi connectivity index (χ4v) is 2.86. The lowest BCUT2D eigenvalue weighted by molar-refractivity contribution is 0.469. The maximum atomic E-state index is 11.6. The van der Waals surface area contributed by atoms with E-state index < -0.39 is 14.9 Å². The molecule has 0 bridgehead atoms. The third kappa shape index (κ3) is 2.13. The van der Waals surface area contributed by atoms with Crippen LogP contribution in [-0.4, -0.2) is 17.7 Å². The van der Waals surface area contributed by atoms with Gasteiger partial charge in [-0.2, -0.15) is 8.42 Å². The smallest absolute Gasteiger partial charge is 0.277 e. The van der Waals surface area contributed by atoms with Gasteiger partial charge in [-0.05, 0) is 42.8 Å². The summed E-state index contributed by atoms with van der Waals surface area (Å²) >= 11 is 0. The fraction of sp³-hybridized carbons (Fsp3) is 0.286. The highest BCUT2D eigenvalue weighted by Crippen LogP contribution is 2.23. The van der Waals surface area contributed by atoms with Crippen LogP contribution in [-0.2, 0) is 10.1 Å². The van der Waals surface area contributed by atoms with Crippen LogP contribution in [0.25, 0.3) is 12.2 Å². The second-order valence-electron chi connectivity index (χ2n) is 4.91. The molecule has 0 aliphatic heterocycles. The molecule has 0 saturated carbocycles. The number of aryl methyl sites for hydroxylation is 1. The van der Waals surface area contributed by atoms with Gasteiger partial charge in [0, 0.05) is 0 Å². The summed E-state index contributed by atoms with van der Waals surface area (Å²) in [6, 6.07) is 5.71. The Morgan fingerprint density at radius 3 is 2.44 bits per heavy atom. The number of hydrogen-bond acceptors (Lipinski definition) is 2. The predicted molar refractivity (Wildman–Crippen MR) is 73.1 cm³/mol. The summed E-state index contributed by atoms with van der Waals surface area (Å²) in [5.74, 6) is 0. The minimum atomic E-state index is -4.19. The molecule has 0 aromatic heterocycles. The normalized spacial score (nSPS) is 23.2. The van der Waals surface area contributed by atoms with E-state index in [0.717, 1.165) is 21.6 Å². The third-order valence-electron chi connectivity index (χ3n) is 3.24. The molecule has 1 unspecified atom stereocenters. The number of hydrogen-bond donors (Lipinski definition) is 1. The molecule has 18 heavy (non-hydrogen) atoms. The Hall–Kier alpha value is -1.39. The average Bonchev–Trinajstić information content (AvgIpc) is 2.34. The van der Waals surface area contributed by atoms with Crippen LogP contribution >= 0.6 is 0 Å². The van der Waals surface area contributed by atoms with Gasteiger partial charge in [0.05, 0.1) is 0 Å². The molecule has 0 radical (unpaired) electrons. The van der Waals surface area contributed by atoms with E-state index in [9.17, 15) is 13.0 Å². The second kappa shape index (κ2) is 4.07. The summed E-state index contributed by atoms with van der Waals surface area (Å²) in [6.07, 6.45) is 5.11. The fourth-order valence-electron chi connectivity index (χ4n) is 2.25. The van der Waals surface area contributed by atoms with Crippen molar-refractivity contribution >= 4 is 22.3 Å². The molecule has 0 heterocycles. The van der Waals surface area contributed by atoms with Gasteiger partial charge in [0.2, 0.25) is 0 Å². The maximum Gasteiger partial charge on any atom is 0.277 e. The minimum Gasteiger partial charge on any atom is -0.285 e. The van der Waals surface area contributed by atoms with Crippen LogP contribution in [0.3, 0.4) is 0 Å². The van der Waals surface area contributed by atoms with Crippen molar-refractivity contribution in [2.45, 2.75) is 25.5 Å². The van der Waals surface area contributed by atoms with Crippen molar-refractivity contribution in [1.82, 2.24) is 0 Å². The Bertz CT molecular complexity index is 742. The second-order valence-corrected chi connectivity index (χ2v) is 6.74. The van der Waals surface area contributed by atoms with Gasteiger partial charge in [-0.1, -0.05) is 35.9 Å². The van der Waals surface area contributed by atoms with Crippen molar-refractivity contribution in [1.29, 1.82) is 0 Å². The molecule has 1 atom stereocenters. The highest BCUT2D eigenvalue weighted by atomic mass is 32.2. The zero-order valence-corrected chi connectivity index (χ0v) is 11.5.